The number of carbonyl (C=O) groups excluding carboxylic acids is 11. The van der Waals surface area contributed by atoms with Gasteiger partial charge in [0.2, 0.25) is 47.3 Å². The highest BCUT2D eigenvalue weighted by Gasteiger charge is 2.47. The fraction of sp³-hybridized carbons (Fsp3) is 0.814. The van der Waals surface area contributed by atoms with Gasteiger partial charge in [-0.15, -0.1) is 0 Å². The summed E-state index contributed by atoms with van der Waals surface area (Å²) >= 11 is 0. The molecule has 0 saturated carbocycles. The number of likely N-dealkylation sites (N-methyl/N-ethyl adjacent to an activating group) is 7. The number of methoxy groups -OCH3 is 1. The lowest BCUT2D eigenvalue weighted by Gasteiger charge is -2.41. The van der Waals surface area contributed by atoms with Gasteiger partial charge in [-0.1, -0.05) is 116 Å². The molecule has 14 atom stereocenters. The average molecular weight is 1300 g/mol. The van der Waals surface area contributed by atoms with E-state index in [4.69, 9.17) is 4.74 Å². The van der Waals surface area contributed by atoms with E-state index in [9.17, 15) is 33.9 Å². The number of hydrogen-bond acceptors (Lipinski definition) is 14. The van der Waals surface area contributed by atoms with Crippen LogP contribution < -0.4 is 5.32 Å². The van der Waals surface area contributed by atoms with E-state index >= 15 is 24.0 Å². The van der Waals surface area contributed by atoms with Crippen molar-refractivity contribution in [2.45, 2.75) is 236 Å². The molecule has 0 bridgehead atoms. The summed E-state index contributed by atoms with van der Waals surface area (Å²) in [5.74, 6) is -11.1. The van der Waals surface area contributed by atoms with Gasteiger partial charge in [0.1, 0.15) is 42.0 Å². The fourth-order valence-electron chi connectivity index (χ4n) is 13.0. The van der Waals surface area contributed by atoms with E-state index in [1.807, 2.05) is 75.3 Å². The molecule has 2 fully saturated rings. The Labute approximate surface area is 553 Å². The van der Waals surface area contributed by atoms with Crippen LogP contribution in [0.4, 0.5) is 0 Å². The second-order valence-electron chi connectivity index (χ2n) is 29.1. The molecule has 2 saturated heterocycles. The number of aliphatic hydroxyl groups excluding tert-OH is 1. The summed E-state index contributed by atoms with van der Waals surface area (Å²) < 4.78 is 5.50. The smallest absolute Gasteiger partial charge is 0.246 e. The molecule has 1 unspecified atom stereocenters. The first-order valence-electron chi connectivity index (χ1n) is 33.9. The van der Waals surface area contributed by atoms with Gasteiger partial charge in [-0.05, 0) is 100 Å². The lowest BCUT2D eigenvalue weighted by atomic mass is 9.82. The Morgan fingerprint density at radius 1 is 0.522 bits per heavy atom. The van der Waals surface area contributed by atoms with Crippen LogP contribution in [0.2, 0.25) is 0 Å². The number of nitrogens with one attached hydrogen (secondary N) is 1. The van der Waals surface area contributed by atoms with Crippen LogP contribution in [0, 0.1) is 59.2 Å². The number of likely N-dealkylation sites (tertiary alicyclic amines) is 1. The third-order valence-electron chi connectivity index (χ3n) is 19.4. The van der Waals surface area contributed by atoms with Gasteiger partial charge in [-0.2, -0.15) is 0 Å². The lowest BCUT2D eigenvalue weighted by Crippen LogP contribution is -2.63. The first-order valence-corrected chi connectivity index (χ1v) is 33.9. The van der Waals surface area contributed by atoms with Gasteiger partial charge in [0, 0.05) is 107 Å². The summed E-state index contributed by atoms with van der Waals surface area (Å²) in [5, 5.41) is 15.0. The van der Waals surface area contributed by atoms with Crippen LogP contribution in [-0.2, 0) is 57.5 Å². The normalized spacial score (nSPS) is 28.3. The van der Waals surface area contributed by atoms with Gasteiger partial charge in [-0.25, -0.2) is 0 Å². The van der Waals surface area contributed by atoms with Crippen LogP contribution in [0.15, 0.2) is 12.2 Å². The SMILES string of the molecule is C/C=C/C[C@@H](C)[C@@H](O)[C@H]1C(=O)N[C@@H](CC)C(=O)N(C)[C@H](C)C(=O)N(C)C([C@H](C)CCN2CC(OC)C2)C(=O)C[C@@H](C(C)C)C(=O)N(C)[C@@H](CC(C)C)C(=O)C[C@@H](C)C(=O)C[C@H](C)C(=O)N(C)[C@@H](CC(C)C)C(=O)N(C)[C@@H](CC(C)C)C(=O)N(C)[C@@H](C(C)C)C(=O)N1C. The number of rotatable bonds is 18. The quantitative estimate of drug-likeness (QED) is 0.144. The molecule has 2 aliphatic heterocycles. The van der Waals surface area contributed by atoms with E-state index in [0.717, 1.165) is 4.90 Å². The van der Waals surface area contributed by atoms with E-state index in [1.165, 1.54) is 78.6 Å². The Hall–Kier alpha value is -5.61. The zero-order chi connectivity index (χ0) is 70.8. The third-order valence-corrected chi connectivity index (χ3v) is 19.4. The Morgan fingerprint density at radius 3 is 1.47 bits per heavy atom. The van der Waals surface area contributed by atoms with Crippen molar-refractivity contribution < 1.29 is 62.6 Å². The minimum Gasteiger partial charge on any atom is -0.390 e. The van der Waals surface area contributed by atoms with Gasteiger partial charge in [0.15, 0.2) is 11.6 Å². The molecule has 526 valence electrons. The first kappa shape index (κ1) is 82.5. The number of Topliss-reactive ketones (excluding diaryl/α,β-unsaturated/α-hetero) is 3. The van der Waals surface area contributed by atoms with Crippen LogP contribution in [0.5, 0.6) is 0 Å². The molecule has 0 radical (unpaired) electrons. The molecule has 8 amide bonds. The number of ether oxygens (including phenoxy) is 1. The largest absolute Gasteiger partial charge is 0.390 e. The number of allylic oxidation sites excluding steroid dienone is 2. The fourth-order valence-corrected chi connectivity index (χ4v) is 13.0. The van der Waals surface area contributed by atoms with Crippen LogP contribution in [0.3, 0.4) is 0 Å². The minimum atomic E-state index is -1.61. The first-order chi connectivity index (χ1) is 42.6. The molecular formula is C70H123N9O13. The molecule has 22 nitrogen and oxygen atoms in total. The van der Waals surface area contributed by atoms with E-state index in [0.29, 0.717) is 32.5 Å². The number of nitrogens with zero attached hydrogens (tertiary/aromatic N) is 8. The number of ketones is 3. The molecule has 2 N–H and O–H groups in total. The predicted octanol–water partition coefficient (Wildman–Crippen LogP) is 6.24. The molecule has 0 aliphatic carbocycles. The summed E-state index contributed by atoms with van der Waals surface area (Å²) in [5.41, 5.74) is 0. The van der Waals surface area contributed by atoms with Crippen LogP contribution in [0.1, 0.15) is 175 Å². The van der Waals surface area contributed by atoms with E-state index in [1.54, 1.807) is 61.8 Å². The lowest BCUT2D eigenvalue weighted by molar-refractivity contribution is -0.157. The van der Waals surface area contributed by atoms with Crippen molar-refractivity contribution in [1.82, 2.24) is 44.5 Å². The maximum Gasteiger partial charge on any atom is 0.246 e. The average Bonchev–Trinajstić information content (AvgIpc) is 0.817. The second kappa shape index (κ2) is 37.5. The van der Waals surface area contributed by atoms with E-state index < -0.39 is 149 Å². The van der Waals surface area contributed by atoms with Crippen molar-refractivity contribution >= 4 is 64.6 Å². The topological polar surface area (TPSA) is 255 Å². The molecule has 0 aromatic carbocycles. The van der Waals surface area contributed by atoms with Crippen molar-refractivity contribution in [3.63, 3.8) is 0 Å². The maximum absolute atomic E-state index is 15.3. The summed E-state index contributed by atoms with van der Waals surface area (Å²) in [4.78, 5) is 175. The molecule has 22 heteroatoms. The van der Waals surface area contributed by atoms with Crippen molar-refractivity contribution in [3.8, 4) is 0 Å². The molecule has 0 aromatic rings. The maximum atomic E-state index is 15.3. The van der Waals surface area contributed by atoms with Gasteiger partial charge in [0.05, 0.1) is 24.3 Å². The molecule has 92 heavy (non-hydrogen) atoms. The molecule has 2 rings (SSSR count). The number of aliphatic hydroxyl groups is 1. The Bertz CT molecular complexity index is 2530. The Morgan fingerprint density at radius 2 is 0.989 bits per heavy atom. The van der Waals surface area contributed by atoms with Gasteiger partial charge in [0.25, 0.3) is 0 Å². The van der Waals surface area contributed by atoms with E-state index in [-0.39, 0.29) is 80.4 Å². The highest BCUT2D eigenvalue weighted by atomic mass is 16.5. The van der Waals surface area contributed by atoms with Crippen molar-refractivity contribution in [1.29, 1.82) is 0 Å². The molecular weight excluding hydrogens is 1170 g/mol. The predicted molar refractivity (Wildman–Crippen MR) is 358 cm³/mol. The third kappa shape index (κ3) is 22.0. The van der Waals surface area contributed by atoms with E-state index in [2.05, 4.69) is 10.2 Å². The zero-order valence-electron chi connectivity index (χ0n) is 61.1. The summed E-state index contributed by atoms with van der Waals surface area (Å²) in [6.07, 6.45) is 2.86. The van der Waals surface area contributed by atoms with Gasteiger partial charge in [-0.3, -0.25) is 57.6 Å². The standard InChI is InChI=1S/C70H123N9O13/c1-26-28-29-46(14)62(83)61-63(84)71-52(27-2)67(88)72(18)49(17)65(86)77(23)60(45(13)30-31-79-38-50(39-79)92-25)58(82)37-51(43(9)10)66(87)73(19)53(32-40(3)4)57(81)35-47(15)56(80)36-48(16)64(85)74(20)54(33-41(5)6)68(89)75(21)55(34-42(7)8)69(90)76(22)59(44(11)12)70(91)78(61)24/h26,28,40-55,59-62,83H,27,29-39H2,1-25H3,(H,71,84)/b28-26+/t45-,46-,47-,48+,49-,51+,52+,53+,54+,55+,59+,60?,61+,62-/m1/s1. The second-order valence-corrected chi connectivity index (χ2v) is 29.1. The van der Waals surface area contributed by atoms with Crippen LogP contribution in [-0.4, -0.2) is 246 Å². The minimum absolute atomic E-state index is 0.0228. The monoisotopic (exact) mass is 1300 g/mol. The summed E-state index contributed by atoms with van der Waals surface area (Å²) in [6.45, 7) is 32.4. The van der Waals surface area contributed by atoms with Crippen molar-refractivity contribution in [2.24, 2.45) is 59.2 Å². The molecule has 0 spiro atoms. The number of hydrogen-bond donors (Lipinski definition) is 2. The summed E-state index contributed by atoms with van der Waals surface area (Å²) in [7, 11) is 12.0. The highest BCUT2D eigenvalue weighted by Crippen LogP contribution is 2.30. The van der Waals surface area contributed by atoms with Crippen LogP contribution >= 0.6 is 0 Å². The van der Waals surface area contributed by atoms with Gasteiger partial charge >= 0.3 is 0 Å². The Balaban J connectivity index is 3.03. The van der Waals surface area contributed by atoms with Crippen LogP contribution in [0.25, 0.3) is 0 Å². The Kier molecular flexibility index (Phi) is 33.6. The van der Waals surface area contributed by atoms with Crippen molar-refractivity contribution in [2.75, 3.05) is 76.1 Å². The molecule has 2 aliphatic rings. The van der Waals surface area contributed by atoms with Crippen molar-refractivity contribution in [3.05, 3.63) is 12.2 Å². The number of carbonyl (C=O) groups is 11. The zero-order valence-corrected chi connectivity index (χ0v) is 61.1. The highest BCUT2D eigenvalue weighted by molar-refractivity contribution is 6.00. The van der Waals surface area contributed by atoms with Gasteiger partial charge < -0.3 is 49.5 Å². The summed E-state index contributed by atoms with van der Waals surface area (Å²) in [6, 6.07) is -9.62. The molecule has 0 aromatic heterocycles. The molecule has 2 heterocycles. The number of amides is 8.